The van der Waals surface area contributed by atoms with Gasteiger partial charge in [0, 0.05) is 16.6 Å². The van der Waals surface area contributed by atoms with Crippen LogP contribution in [-0.4, -0.2) is 26.9 Å². The average molecular weight is 352 g/mol. The Morgan fingerprint density at radius 1 is 1.13 bits per heavy atom. The molecule has 0 saturated carbocycles. The van der Waals surface area contributed by atoms with E-state index in [1.807, 2.05) is 0 Å². The lowest BCUT2D eigenvalue weighted by molar-refractivity contribution is -0.113. The van der Waals surface area contributed by atoms with Gasteiger partial charge in [-0.3, -0.25) is 9.00 Å². The monoisotopic (exact) mass is 351 g/mol. The number of rotatable bonds is 6. The second kappa shape index (κ2) is 7.89. The Balaban J connectivity index is 1.94. The third-order valence-electron chi connectivity index (χ3n) is 2.94. The molecule has 7 heteroatoms. The van der Waals surface area contributed by atoms with Gasteiger partial charge < -0.3 is 10.4 Å². The highest BCUT2D eigenvalue weighted by Gasteiger charge is 2.11. The molecule has 0 spiro atoms. The molecule has 0 saturated heterocycles. The highest BCUT2D eigenvalue weighted by molar-refractivity contribution is 7.84. The second-order valence-electron chi connectivity index (χ2n) is 4.76. The van der Waals surface area contributed by atoms with Gasteiger partial charge in [-0.25, -0.2) is 4.79 Å². The number of amides is 1. The van der Waals surface area contributed by atoms with E-state index in [4.69, 9.17) is 16.7 Å². The van der Waals surface area contributed by atoms with Crippen LogP contribution in [0.5, 0.6) is 0 Å². The zero-order chi connectivity index (χ0) is 16.8. The molecular formula is C16H14ClNO4S. The zero-order valence-electron chi connectivity index (χ0n) is 12.0. The van der Waals surface area contributed by atoms with Crippen LogP contribution >= 0.6 is 11.6 Å². The van der Waals surface area contributed by atoms with Crippen LogP contribution < -0.4 is 5.32 Å². The van der Waals surface area contributed by atoms with Crippen molar-refractivity contribution >= 4 is 40.0 Å². The second-order valence-corrected chi connectivity index (χ2v) is 6.63. The van der Waals surface area contributed by atoms with Gasteiger partial charge in [-0.05, 0) is 29.8 Å². The van der Waals surface area contributed by atoms with Crippen LogP contribution in [0.15, 0.2) is 48.5 Å². The molecule has 2 N–H and O–H groups in total. The first-order chi connectivity index (χ1) is 11.0. The Kier molecular flexibility index (Phi) is 5.90. The molecule has 0 aromatic heterocycles. The van der Waals surface area contributed by atoms with Crippen molar-refractivity contribution in [1.82, 2.24) is 0 Å². The van der Waals surface area contributed by atoms with E-state index < -0.39 is 22.7 Å². The lowest BCUT2D eigenvalue weighted by Gasteiger charge is -2.07. The van der Waals surface area contributed by atoms with E-state index in [0.717, 1.165) is 0 Å². The van der Waals surface area contributed by atoms with Gasteiger partial charge in [-0.15, -0.1) is 0 Å². The van der Waals surface area contributed by atoms with Crippen molar-refractivity contribution in [1.29, 1.82) is 0 Å². The molecular weight excluding hydrogens is 338 g/mol. The summed E-state index contributed by atoms with van der Waals surface area (Å²) in [5.74, 6) is -1.54. The van der Waals surface area contributed by atoms with Crippen LogP contribution in [0.25, 0.3) is 0 Å². The summed E-state index contributed by atoms with van der Waals surface area (Å²) in [6, 6.07) is 12.9. The lowest BCUT2D eigenvalue weighted by Crippen LogP contribution is -2.20. The average Bonchev–Trinajstić information content (AvgIpc) is 2.49. The number of carbonyl (C=O) groups excluding carboxylic acids is 1. The Labute approximate surface area is 140 Å². The summed E-state index contributed by atoms with van der Waals surface area (Å²) in [6.45, 7) is 0. The molecule has 0 aliphatic rings. The quantitative estimate of drug-likeness (QED) is 0.838. The number of aromatic carboxylic acids is 1. The van der Waals surface area contributed by atoms with Crippen LogP contribution in [0.4, 0.5) is 5.69 Å². The topological polar surface area (TPSA) is 83.5 Å². The van der Waals surface area contributed by atoms with E-state index in [0.29, 0.717) is 16.3 Å². The Bertz CT molecular complexity index is 763. The summed E-state index contributed by atoms with van der Waals surface area (Å²) < 4.78 is 12.0. The van der Waals surface area contributed by atoms with Crippen LogP contribution in [0.1, 0.15) is 15.9 Å². The molecule has 1 atom stereocenters. The fraction of sp³-hybridized carbons (Fsp3) is 0.125. The van der Waals surface area contributed by atoms with Crippen molar-refractivity contribution < 1.29 is 18.9 Å². The molecule has 2 aromatic rings. The van der Waals surface area contributed by atoms with Crippen molar-refractivity contribution in [3.05, 3.63) is 64.7 Å². The van der Waals surface area contributed by atoms with Gasteiger partial charge in [0.1, 0.15) is 5.75 Å². The smallest absolute Gasteiger partial charge is 0.335 e. The first kappa shape index (κ1) is 17.2. The number of carbonyl (C=O) groups is 2. The Morgan fingerprint density at radius 3 is 2.57 bits per heavy atom. The number of carboxylic acid groups (broad SMARTS) is 1. The van der Waals surface area contributed by atoms with Gasteiger partial charge in [-0.1, -0.05) is 35.9 Å². The van der Waals surface area contributed by atoms with E-state index in [-0.39, 0.29) is 17.1 Å². The van der Waals surface area contributed by atoms with E-state index in [1.54, 1.807) is 36.4 Å². The van der Waals surface area contributed by atoms with Crippen LogP contribution in [0, 0.1) is 0 Å². The van der Waals surface area contributed by atoms with Crippen molar-refractivity contribution in [2.45, 2.75) is 5.75 Å². The number of carboxylic acids is 1. The SMILES string of the molecule is O=C(CS(=O)Cc1cccc(C(=O)O)c1)Nc1ccccc1Cl. The number of halogens is 1. The standard InChI is InChI=1S/C16H14ClNO4S/c17-13-6-1-2-7-14(13)18-15(19)10-23(22)9-11-4-3-5-12(8-11)16(20)21/h1-8H,9-10H2,(H,18,19)(H,20,21). The highest BCUT2D eigenvalue weighted by Crippen LogP contribution is 2.20. The molecule has 120 valence electrons. The highest BCUT2D eigenvalue weighted by atomic mass is 35.5. The number of para-hydroxylation sites is 1. The van der Waals surface area contributed by atoms with E-state index in [2.05, 4.69) is 5.32 Å². The predicted molar refractivity (Wildman–Crippen MR) is 90.2 cm³/mol. The third kappa shape index (κ3) is 5.19. The summed E-state index contributed by atoms with van der Waals surface area (Å²) in [5, 5.41) is 11.9. The zero-order valence-corrected chi connectivity index (χ0v) is 13.6. The van der Waals surface area contributed by atoms with Crippen molar-refractivity contribution in [3.63, 3.8) is 0 Å². The minimum Gasteiger partial charge on any atom is -0.478 e. The molecule has 2 rings (SSSR count). The lowest BCUT2D eigenvalue weighted by atomic mass is 10.1. The molecule has 1 unspecified atom stereocenters. The third-order valence-corrected chi connectivity index (χ3v) is 4.51. The fourth-order valence-electron chi connectivity index (χ4n) is 1.93. The molecule has 1 amide bonds. The normalized spacial score (nSPS) is 11.7. The molecule has 2 aromatic carbocycles. The molecule has 0 fully saturated rings. The van der Waals surface area contributed by atoms with Gasteiger partial charge in [0.25, 0.3) is 0 Å². The molecule has 23 heavy (non-hydrogen) atoms. The molecule has 0 heterocycles. The molecule has 5 nitrogen and oxygen atoms in total. The fourth-order valence-corrected chi connectivity index (χ4v) is 3.13. The maximum absolute atomic E-state index is 12.0. The van der Waals surface area contributed by atoms with Crippen LogP contribution in [0.2, 0.25) is 5.02 Å². The molecule has 0 bridgehead atoms. The van der Waals surface area contributed by atoms with Gasteiger partial charge in [0.05, 0.1) is 16.3 Å². The van der Waals surface area contributed by atoms with E-state index in [9.17, 15) is 13.8 Å². The van der Waals surface area contributed by atoms with Crippen LogP contribution in [0.3, 0.4) is 0 Å². The van der Waals surface area contributed by atoms with Gasteiger partial charge >= 0.3 is 5.97 Å². The van der Waals surface area contributed by atoms with Crippen LogP contribution in [-0.2, 0) is 21.3 Å². The van der Waals surface area contributed by atoms with E-state index in [1.165, 1.54) is 12.1 Å². The summed E-state index contributed by atoms with van der Waals surface area (Å²) in [5.41, 5.74) is 1.19. The molecule has 0 aliphatic heterocycles. The maximum Gasteiger partial charge on any atom is 0.335 e. The summed E-state index contributed by atoms with van der Waals surface area (Å²) in [4.78, 5) is 22.8. The van der Waals surface area contributed by atoms with E-state index >= 15 is 0 Å². The van der Waals surface area contributed by atoms with Gasteiger partial charge in [0.2, 0.25) is 5.91 Å². The first-order valence-electron chi connectivity index (χ1n) is 6.67. The summed E-state index contributed by atoms with van der Waals surface area (Å²) >= 11 is 5.94. The van der Waals surface area contributed by atoms with Gasteiger partial charge in [0.15, 0.2) is 0 Å². The minimum absolute atomic E-state index is 0.108. The molecule has 0 aliphatic carbocycles. The van der Waals surface area contributed by atoms with Crippen molar-refractivity contribution in [3.8, 4) is 0 Å². The number of benzene rings is 2. The Morgan fingerprint density at radius 2 is 1.87 bits per heavy atom. The number of anilines is 1. The summed E-state index contributed by atoms with van der Waals surface area (Å²) in [6.07, 6.45) is 0. The number of nitrogens with one attached hydrogen (secondary N) is 1. The molecule has 0 radical (unpaired) electrons. The maximum atomic E-state index is 12.0. The predicted octanol–water partition coefficient (Wildman–Crippen LogP) is 2.93. The largest absolute Gasteiger partial charge is 0.478 e. The Hall–Kier alpha value is -2.18. The number of hydrogen-bond acceptors (Lipinski definition) is 3. The first-order valence-corrected chi connectivity index (χ1v) is 8.54. The van der Waals surface area contributed by atoms with Crippen molar-refractivity contribution in [2.24, 2.45) is 0 Å². The minimum atomic E-state index is -1.45. The van der Waals surface area contributed by atoms with Crippen molar-refractivity contribution in [2.75, 3.05) is 11.1 Å². The summed E-state index contributed by atoms with van der Waals surface area (Å²) in [7, 11) is -1.45. The number of hydrogen-bond donors (Lipinski definition) is 2. The van der Waals surface area contributed by atoms with Gasteiger partial charge in [-0.2, -0.15) is 0 Å².